The summed E-state index contributed by atoms with van der Waals surface area (Å²) >= 11 is 0. The second-order valence-corrected chi connectivity index (χ2v) is 9.30. The van der Waals surface area contributed by atoms with Gasteiger partial charge in [-0.25, -0.2) is 0 Å². The Morgan fingerprint density at radius 1 is 1.07 bits per heavy atom. The Bertz CT molecular complexity index is 344. The lowest BCUT2D eigenvalue weighted by Gasteiger charge is -2.03. The Labute approximate surface area is 88.4 Å². The first kappa shape index (κ1) is 11.1. The highest BCUT2D eigenvalue weighted by molar-refractivity contribution is 6.83. The number of rotatable bonds is 1. The van der Waals surface area contributed by atoms with E-state index >= 15 is 0 Å². The molecule has 0 aliphatic carbocycles. The third kappa shape index (κ3) is 3.80. The van der Waals surface area contributed by atoms with Crippen LogP contribution in [0.5, 0.6) is 0 Å². The highest BCUT2D eigenvalue weighted by Gasteiger charge is 2.07. The van der Waals surface area contributed by atoms with Crippen molar-refractivity contribution in [2.24, 2.45) is 0 Å². The zero-order valence-corrected chi connectivity index (χ0v) is 10.5. The van der Waals surface area contributed by atoms with Gasteiger partial charge in [0.25, 0.3) is 0 Å². The summed E-state index contributed by atoms with van der Waals surface area (Å²) < 4.78 is 0. The molecule has 1 aromatic carbocycles. The molecule has 14 heavy (non-hydrogen) atoms. The van der Waals surface area contributed by atoms with Gasteiger partial charge in [-0.15, -0.1) is 5.54 Å². The minimum atomic E-state index is -1.22. The van der Waals surface area contributed by atoms with E-state index in [1.807, 2.05) is 0 Å². The maximum Gasteiger partial charge on any atom is 0.129 e. The van der Waals surface area contributed by atoms with Crippen molar-refractivity contribution in [2.75, 3.05) is 0 Å². The zero-order chi connectivity index (χ0) is 10.6. The number of hydrogen-bond donors (Lipinski definition) is 0. The van der Waals surface area contributed by atoms with Crippen LogP contribution in [0.25, 0.3) is 0 Å². The quantitative estimate of drug-likeness (QED) is 0.483. The molecule has 0 radical (unpaired) electrons. The molecular weight excluding hydrogens is 184 g/mol. The van der Waals surface area contributed by atoms with Crippen molar-refractivity contribution in [3.63, 3.8) is 0 Å². The predicted molar refractivity (Wildman–Crippen MR) is 66.0 cm³/mol. The van der Waals surface area contributed by atoms with Crippen molar-refractivity contribution < 1.29 is 0 Å². The smallest absolute Gasteiger partial charge is 0.127 e. The molecule has 0 aliphatic rings. The van der Waals surface area contributed by atoms with E-state index in [9.17, 15) is 0 Å². The van der Waals surface area contributed by atoms with E-state index in [1.54, 1.807) is 0 Å². The van der Waals surface area contributed by atoms with Crippen molar-refractivity contribution in [1.29, 1.82) is 0 Å². The molecule has 0 amide bonds. The summed E-state index contributed by atoms with van der Waals surface area (Å²) in [5.74, 6) is 3.25. The van der Waals surface area contributed by atoms with Crippen molar-refractivity contribution in [2.45, 2.75) is 33.0 Å². The van der Waals surface area contributed by atoms with Gasteiger partial charge in [0, 0.05) is 5.56 Å². The van der Waals surface area contributed by atoms with Crippen LogP contribution in [-0.2, 0) is 6.42 Å². The topological polar surface area (TPSA) is 0 Å². The Balaban J connectivity index is 2.82. The van der Waals surface area contributed by atoms with Gasteiger partial charge in [-0.2, -0.15) is 0 Å². The normalized spacial score (nSPS) is 10.6. The van der Waals surface area contributed by atoms with E-state index < -0.39 is 8.07 Å². The first-order chi connectivity index (χ1) is 6.51. The van der Waals surface area contributed by atoms with E-state index in [-0.39, 0.29) is 0 Å². The lowest BCUT2D eigenvalue weighted by atomic mass is 10.1. The molecule has 0 fully saturated rings. The van der Waals surface area contributed by atoms with E-state index in [0.29, 0.717) is 0 Å². The maximum atomic E-state index is 3.36. The molecule has 0 saturated heterocycles. The van der Waals surface area contributed by atoms with E-state index in [1.165, 1.54) is 5.56 Å². The monoisotopic (exact) mass is 202 g/mol. The summed E-state index contributed by atoms with van der Waals surface area (Å²) in [6.45, 7) is 8.96. The summed E-state index contributed by atoms with van der Waals surface area (Å²) in [4.78, 5) is 0. The summed E-state index contributed by atoms with van der Waals surface area (Å²) in [6, 6.07) is 8.56. The van der Waals surface area contributed by atoms with Crippen molar-refractivity contribution in [3.8, 4) is 11.5 Å². The highest BCUT2D eigenvalue weighted by Crippen LogP contribution is 2.04. The minimum Gasteiger partial charge on any atom is -0.127 e. The molecule has 0 heterocycles. The Hall–Kier alpha value is -1.00. The fourth-order valence-electron chi connectivity index (χ4n) is 1.08. The van der Waals surface area contributed by atoms with E-state index in [2.05, 4.69) is 62.3 Å². The molecule has 1 rings (SSSR count). The number of aryl methyl sites for hydroxylation is 1. The summed E-state index contributed by atoms with van der Waals surface area (Å²) in [7, 11) is -1.22. The maximum absolute atomic E-state index is 3.36. The molecule has 1 heteroatoms. The molecule has 0 spiro atoms. The van der Waals surface area contributed by atoms with Crippen LogP contribution in [0.15, 0.2) is 24.3 Å². The summed E-state index contributed by atoms with van der Waals surface area (Å²) in [6.07, 6.45) is 1.10. The molecule has 74 valence electrons. The number of hydrogen-bond acceptors (Lipinski definition) is 0. The summed E-state index contributed by atoms with van der Waals surface area (Å²) in [5.41, 5.74) is 5.89. The van der Waals surface area contributed by atoms with Crippen LogP contribution in [0.1, 0.15) is 18.1 Å². The first-order valence-electron chi connectivity index (χ1n) is 5.13. The van der Waals surface area contributed by atoms with Gasteiger partial charge in [0.15, 0.2) is 0 Å². The van der Waals surface area contributed by atoms with E-state index in [0.717, 1.165) is 12.0 Å². The van der Waals surface area contributed by atoms with Gasteiger partial charge >= 0.3 is 0 Å². The van der Waals surface area contributed by atoms with Gasteiger partial charge in [0.2, 0.25) is 0 Å². The Morgan fingerprint density at radius 2 is 1.64 bits per heavy atom. The van der Waals surface area contributed by atoms with Gasteiger partial charge < -0.3 is 0 Å². The van der Waals surface area contributed by atoms with E-state index in [4.69, 9.17) is 0 Å². The minimum absolute atomic E-state index is 1.10. The van der Waals surface area contributed by atoms with Gasteiger partial charge in [-0.05, 0) is 24.1 Å². The van der Waals surface area contributed by atoms with Gasteiger partial charge in [0.1, 0.15) is 8.07 Å². The molecule has 0 aliphatic heterocycles. The van der Waals surface area contributed by atoms with Crippen LogP contribution >= 0.6 is 0 Å². The molecular formula is C13H18Si. The fraction of sp³-hybridized carbons (Fsp3) is 0.385. The molecule has 0 bridgehead atoms. The third-order valence-electron chi connectivity index (χ3n) is 1.94. The van der Waals surface area contributed by atoms with Gasteiger partial charge in [-0.1, -0.05) is 44.6 Å². The van der Waals surface area contributed by atoms with Crippen LogP contribution in [0.3, 0.4) is 0 Å². The predicted octanol–water partition coefficient (Wildman–Crippen LogP) is 3.48. The van der Waals surface area contributed by atoms with Crippen molar-refractivity contribution in [3.05, 3.63) is 35.4 Å². The zero-order valence-electron chi connectivity index (χ0n) is 9.52. The molecule has 0 aromatic heterocycles. The van der Waals surface area contributed by atoms with Crippen LogP contribution < -0.4 is 0 Å². The average Bonchev–Trinajstić information content (AvgIpc) is 2.14. The second-order valence-electron chi connectivity index (χ2n) is 4.55. The summed E-state index contributed by atoms with van der Waals surface area (Å²) in [5, 5.41) is 0. The fourth-order valence-corrected chi connectivity index (χ4v) is 1.60. The van der Waals surface area contributed by atoms with Crippen molar-refractivity contribution >= 4 is 8.07 Å². The van der Waals surface area contributed by atoms with Gasteiger partial charge in [-0.3, -0.25) is 0 Å². The largest absolute Gasteiger partial charge is 0.129 e. The molecule has 0 nitrogen and oxygen atoms in total. The molecule has 0 unspecified atom stereocenters. The lowest BCUT2D eigenvalue weighted by Crippen LogP contribution is -2.16. The highest BCUT2D eigenvalue weighted by atomic mass is 28.3. The van der Waals surface area contributed by atoms with Crippen LogP contribution in [0.4, 0.5) is 0 Å². The second kappa shape index (κ2) is 4.48. The molecule has 0 N–H and O–H groups in total. The lowest BCUT2D eigenvalue weighted by molar-refractivity contribution is 1.14. The molecule has 1 aromatic rings. The SMILES string of the molecule is CCc1ccc(C#C[Si](C)(C)C)cc1. The Morgan fingerprint density at radius 3 is 2.07 bits per heavy atom. The van der Waals surface area contributed by atoms with Crippen molar-refractivity contribution in [1.82, 2.24) is 0 Å². The van der Waals surface area contributed by atoms with Crippen LogP contribution in [-0.4, -0.2) is 8.07 Å². The third-order valence-corrected chi connectivity index (χ3v) is 2.82. The van der Waals surface area contributed by atoms with Gasteiger partial charge in [0.05, 0.1) is 0 Å². The van der Waals surface area contributed by atoms with Crippen LogP contribution in [0, 0.1) is 11.5 Å². The number of benzene rings is 1. The molecule has 0 atom stereocenters. The first-order valence-corrected chi connectivity index (χ1v) is 8.63. The Kier molecular flexibility index (Phi) is 3.54. The molecule has 0 saturated carbocycles. The standard InChI is InChI=1S/C13H18Si/c1-5-12-6-8-13(9-7-12)10-11-14(2,3)4/h6-9H,5H2,1-4H3. The average molecular weight is 202 g/mol. The van der Waals surface area contributed by atoms with Crippen LogP contribution in [0.2, 0.25) is 19.6 Å².